The molecule has 4 rings (SSSR count). The van der Waals surface area contributed by atoms with E-state index < -0.39 is 0 Å². The minimum Gasteiger partial charge on any atom is -0.345 e. The molecule has 0 saturated heterocycles. The minimum atomic E-state index is -0.214. The van der Waals surface area contributed by atoms with Crippen LogP contribution >= 0.6 is 0 Å². The molecule has 1 heterocycles. The van der Waals surface area contributed by atoms with Crippen molar-refractivity contribution in [1.29, 1.82) is 5.26 Å². The average Bonchev–Trinajstić information content (AvgIpc) is 3.16. The Morgan fingerprint density at radius 2 is 1.54 bits per heavy atom. The molecule has 0 radical (unpaired) electrons. The van der Waals surface area contributed by atoms with Gasteiger partial charge in [-0.2, -0.15) is 5.26 Å². The molecule has 0 aliphatic carbocycles. The molecular weight excluding hydrogens is 349 g/mol. The van der Waals surface area contributed by atoms with Crippen molar-refractivity contribution in [2.24, 2.45) is 0 Å². The number of hydrogen-bond donors (Lipinski definition) is 1. The van der Waals surface area contributed by atoms with E-state index in [-0.39, 0.29) is 5.82 Å². The van der Waals surface area contributed by atoms with Gasteiger partial charge in [-0.3, -0.25) is 0 Å². The molecule has 0 amide bonds. The molecule has 0 aliphatic rings. The number of hydrogen-bond acceptors (Lipinski definition) is 2. The highest BCUT2D eigenvalue weighted by Crippen LogP contribution is 2.23. The third-order valence-corrected chi connectivity index (χ3v) is 4.67. The molecule has 0 saturated carbocycles. The fourth-order valence-electron chi connectivity index (χ4n) is 3.19. The Morgan fingerprint density at radius 3 is 2.25 bits per heavy atom. The van der Waals surface area contributed by atoms with Crippen LogP contribution in [0.1, 0.15) is 28.2 Å². The first-order valence-corrected chi connectivity index (χ1v) is 9.07. The summed E-state index contributed by atoms with van der Waals surface area (Å²) in [7, 11) is 0. The van der Waals surface area contributed by atoms with Crippen LogP contribution in [0.15, 0.2) is 79.0 Å². The maximum atomic E-state index is 13.9. The average molecular weight is 367 g/mol. The zero-order chi connectivity index (χ0) is 19.3. The van der Waals surface area contributed by atoms with Crippen molar-refractivity contribution < 1.29 is 4.39 Å². The predicted octanol–water partition coefficient (Wildman–Crippen LogP) is 5.27. The van der Waals surface area contributed by atoms with Crippen LogP contribution in [0.2, 0.25) is 0 Å². The standard InChI is InChI=1S/C24H18FN3/c25-23-4-2-1-3-22(23)20-11-9-18(10-12-20)14-24-27-16-21(28-24)13-17-5-7-19(15-26)8-6-17/h1-12,16H,13-14H2,(H,27,28). The van der Waals surface area contributed by atoms with Crippen molar-refractivity contribution >= 4 is 0 Å². The van der Waals surface area contributed by atoms with Crippen molar-refractivity contribution in [2.45, 2.75) is 12.8 Å². The highest BCUT2D eigenvalue weighted by Gasteiger charge is 2.06. The molecule has 1 aromatic heterocycles. The van der Waals surface area contributed by atoms with E-state index in [0.29, 0.717) is 17.5 Å². The lowest BCUT2D eigenvalue weighted by Crippen LogP contribution is -1.93. The second-order valence-electron chi connectivity index (χ2n) is 6.69. The van der Waals surface area contributed by atoms with Crippen molar-refractivity contribution in [2.75, 3.05) is 0 Å². The molecule has 3 aromatic carbocycles. The van der Waals surface area contributed by atoms with Gasteiger partial charge in [0.1, 0.15) is 11.6 Å². The Labute approximate surface area is 163 Å². The summed E-state index contributed by atoms with van der Waals surface area (Å²) < 4.78 is 13.9. The molecule has 0 unspecified atom stereocenters. The third kappa shape index (κ3) is 3.99. The molecule has 4 heteroatoms. The Bertz CT molecular complexity index is 1120. The van der Waals surface area contributed by atoms with Crippen LogP contribution < -0.4 is 0 Å². The van der Waals surface area contributed by atoms with Gasteiger partial charge in [-0.1, -0.05) is 54.6 Å². The van der Waals surface area contributed by atoms with Crippen LogP contribution in [0.3, 0.4) is 0 Å². The van der Waals surface area contributed by atoms with Crippen molar-refractivity contribution in [3.8, 4) is 17.2 Å². The van der Waals surface area contributed by atoms with Crippen molar-refractivity contribution in [3.63, 3.8) is 0 Å². The molecule has 0 fully saturated rings. The number of aromatic amines is 1. The van der Waals surface area contributed by atoms with E-state index >= 15 is 0 Å². The second kappa shape index (κ2) is 7.89. The number of H-pyrrole nitrogens is 1. The molecule has 1 N–H and O–H groups in total. The van der Waals surface area contributed by atoms with Gasteiger partial charge >= 0.3 is 0 Å². The van der Waals surface area contributed by atoms with Gasteiger partial charge in [0.25, 0.3) is 0 Å². The van der Waals surface area contributed by atoms with Crippen molar-refractivity contribution in [3.05, 3.63) is 113 Å². The van der Waals surface area contributed by atoms with Gasteiger partial charge in [0, 0.05) is 30.3 Å². The van der Waals surface area contributed by atoms with E-state index in [0.717, 1.165) is 34.6 Å². The third-order valence-electron chi connectivity index (χ3n) is 4.67. The summed E-state index contributed by atoms with van der Waals surface area (Å²) in [6.45, 7) is 0. The fourth-order valence-corrected chi connectivity index (χ4v) is 3.19. The van der Waals surface area contributed by atoms with Gasteiger partial charge in [0.2, 0.25) is 0 Å². The molecule has 0 atom stereocenters. The molecule has 28 heavy (non-hydrogen) atoms. The first-order valence-electron chi connectivity index (χ1n) is 9.07. The lowest BCUT2D eigenvalue weighted by Gasteiger charge is -2.05. The summed E-state index contributed by atoms with van der Waals surface area (Å²) in [6, 6.07) is 24.4. The summed E-state index contributed by atoms with van der Waals surface area (Å²) >= 11 is 0. The smallest absolute Gasteiger partial charge is 0.131 e. The zero-order valence-corrected chi connectivity index (χ0v) is 15.2. The quantitative estimate of drug-likeness (QED) is 0.522. The van der Waals surface area contributed by atoms with Gasteiger partial charge in [-0.25, -0.2) is 9.37 Å². The largest absolute Gasteiger partial charge is 0.345 e. The zero-order valence-electron chi connectivity index (χ0n) is 15.2. The van der Waals surface area contributed by atoms with Crippen LogP contribution in [0.5, 0.6) is 0 Å². The summed E-state index contributed by atoms with van der Waals surface area (Å²) in [5.74, 6) is 0.677. The Kier molecular flexibility index (Phi) is 4.99. The van der Waals surface area contributed by atoms with Gasteiger partial charge in [-0.05, 0) is 34.9 Å². The summed E-state index contributed by atoms with van der Waals surface area (Å²) in [5, 5.41) is 8.87. The van der Waals surface area contributed by atoms with Crippen LogP contribution in [0, 0.1) is 17.1 Å². The summed E-state index contributed by atoms with van der Waals surface area (Å²) in [5.41, 5.74) is 5.40. The first-order chi connectivity index (χ1) is 13.7. The normalized spacial score (nSPS) is 10.6. The Balaban J connectivity index is 1.43. The van der Waals surface area contributed by atoms with Gasteiger partial charge < -0.3 is 4.98 Å². The summed E-state index contributed by atoms with van der Waals surface area (Å²) in [4.78, 5) is 7.83. The molecule has 0 aliphatic heterocycles. The molecule has 0 spiro atoms. The Hall–Kier alpha value is -3.71. The maximum Gasteiger partial charge on any atom is 0.131 e. The van der Waals surface area contributed by atoms with E-state index in [1.54, 1.807) is 12.1 Å². The monoisotopic (exact) mass is 367 g/mol. The van der Waals surface area contributed by atoms with E-state index in [9.17, 15) is 4.39 Å². The van der Waals surface area contributed by atoms with E-state index in [4.69, 9.17) is 5.26 Å². The number of aromatic nitrogens is 2. The van der Waals surface area contributed by atoms with Crippen LogP contribution in [0.25, 0.3) is 11.1 Å². The lowest BCUT2D eigenvalue weighted by atomic mass is 10.0. The predicted molar refractivity (Wildman–Crippen MR) is 107 cm³/mol. The van der Waals surface area contributed by atoms with E-state index in [1.165, 1.54) is 6.07 Å². The van der Waals surface area contributed by atoms with Crippen LogP contribution in [-0.4, -0.2) is 9.97 Å². The number of halogens is 1. The molecule has 4 aromatic rings. The maximum absolute atomic E-state index is 13.9. The Morgan fingerprint density at radius 1 is 0.857 bits per heavy atom. The minimum absolute atomic E-state index is 0.214. The van der Waals surface area contributed by atoms with Crippen LogP contribution in [0.4, 0.5) is 4.39 Å². The molecule has 3 nitrogen and oxygen atoms in total. The number of nitrogens with zero attached hydrogens (tertiary/aromatic N) is 2. The number of benzene rings is 3. The van der Waals surface area contributed by atoms with E-state index in [1.807, 2.05) is 60.8 Å². The number of nitriles is 1. The molecule has 0 bridgehead atoms. The topological polar surface area (TPSA) is 52.5 Å². The second-order valence-corrected chi connectivity index (χ2v) is 6.69. The fraction of sp³-hybridized carbons (Fsp3) is 0.0833. The number of imidazole rings is 1. The highest BCUT2D eigenvalue weighted by molar-refractivity contribution is 5.64. The summed E-state index contributed by atoms with van der Waals surface area (Å²) in [6.07, 6.45) is 3.27. The van der Waals surface area contributed by atoms with Crippen molar-refractivity contribution in [1.82, 2.24) is 9.97 Å². The van der Waals surface area contributed by atoms with E-state index in [2.05, 4.69) is 16.0 Å². The lowest BCUT2D eigenvalue weighted by molar-refractivity contribution is 0.631. The SMILES string of the molecule is N#Cc1ccc(Cc2cnc(Cc3ccc(-c4ccccc4F)cc3)[nH]2)cc1. The van der Waals surface area contributed by atoms with Gasteiger partial charge in [0.05, 0.1) is 11.6 Å². The number of rotatable bonds is 5. The van der Waals surface area contributed by atoms with Gasteiger partial charge in [-0.15, -0.1) is 0 Å². The molecule has 136 valence electrons. The number of nitrogens with one attached hydrogen (secondary N) is 1. The van der Waals surface area contributed by atoms with Crippen LogP contribution in [-0.2, 0) is 12.8 Å². The molecular formula is C24H18FN3. The van der Waals surface area contributed by atoms with Gasteiger partial charge in [0.15, 0.2) is 0 Å². The highest BCUT2D eigenvalue weighted by atomic mass is 19.1. The first kappa shape index (κ1) is 17.7.